The van der Waals surface area contributed by atoms with Gasteiger partial charge in [0.1, 0.15) is 5.82 Å². The molecule has 0 atom stereocenters. The molecule has 0 radical (unpaired) electrons. The lowest BCUT2D eigenvalue weighted by Crippen LogP contribution is -2.38. The summed E-state index contributed by atoms with van der Waals surface area (Å²) < 4.78 is 13.0. The van der Waals surface area contributed by atoms with Gasteiger partial charge in [0.15, 0.2) is 0 Å². The average Bonchev–Trinajstić information content (AvgIpc) is 2.38. The zero-order valence-electron chi connectivity index (χ0n) is 9.40. The van der Waals surface area contributed by atoms with Crippen molar-refractivity contribution in [3.8, 4) is 6.07 Å². The fourth-order valence-corrected chi connectivity index (χ4v) is 2.02. The molecule has 1 aromatic rings. The van der Waals surface area contributed by atoms with Gasteiger partial charge in [-0.15, -0.1) is 0 Å². The lowest BCUT2D eigenvalue weighted by molar-refractivity contribution is 0.0707. The van der Waals surface area contributed by atoms with E-state index in [2.05, 4.69) is 6.07 Å². The molecule has 1 aliphatic heterocycles. The quantitative estimate of drug-likeness (QED) is 0.745. The molecule has 0 N–H and O–H groups in total. The molecule has 4 heteroatoms. The van der Waals surface area contributed by atoms with Crippen LogP contribution in [0.5, 0.6) is 0 Å². The summed E-state index contributed by atoms with van der Waals surface area (Å²) in [5, 5.41) is 8.77. The maximum Gasteiger partial charge on any atom is 0.253 e. The second-order valence-corrected chi connectivity index (χ2v) is 4.21. The molecule has 2 rings (SSSR count). The van der Waals surface area contributed by atoms with Gasteiger partial charge in [0.25, 0.3) is 5.91 Å². The summed E-state index contributed by atoms with van der Waals surface area (Å²) in [6.45, 7) is 1.15. The van der Waals surface area contributed by atoms with Crippen molar-refractivity contribution in [1.29, 1.82) is 5.26 Å². The summed E-state index contributed by atoms with van der Waals surface area (Å²) >= 11 is 0. The van der Waals surface area contributed by atoms with E-state index in [1.807, 2.05) is 0 Å². The number of nitriles is 1. The van der Waals surface area contributed by atoms with Gasteiger partial charge in [-0.25, -0.2) is 4.39 Å². The molecule has 0 spiro atoms. The number of piperidine rings is 1. The van der Waals surface area contributed by atoms with Crippen LogP contribution in [0.25, 0.3) is 0 Å². The molecule has 88 valence electrons. The fraction of sp³-hybridized carbons (Fsp3) is 0.385. The Hall–Kier alpha value is -1.89. The Morgan fingerprint density at radius 3 is 2.71 bits per heavy atom. The predicted octanol–water partition coefficient (Wildman–Crippen LogP) is 2.20. The minimum atomic E-state index is -0.400. The lowest BCUT2D eigenvalue weighted by Gasteiger charge is -2.29. The second-order valence-electron chi connectivity index (χ2n) is 4.21. The SMILES string of the molecule is N#CC1CCN(C(=O)c2cccc(F)c2)CC1. The van der Waals surface area contributed by atoms with E-state index in [1.54, 1.807) is 11.0 Å². The normalized spacial score (nSPS) is 16.6. The van der Waals surface area contributed by atoms with E-state index < -0.39 is 5.82 Å². The van der Waals surface area contributed by atoms with Gasteiger partial charge in [0.2, 0.25) is 0 Å². The van der Waals surface area contributed by atoms with Crippen LogP contribution in [0.2, 0.25) is 0 Å². The highest BCUT2D eigenvalue weighted by Gasteiger charge is 2.23. The summed E-state index contributed by atoms with van der Waals surface area (Å²) in [6.07, 6.45) is 1.41. The fourth-order valence-electron chi connectivity index (χ4n) is 2.02. The number of halogens is 1. The first kappa shape index (κ1) is 11.6. The summed E-state index contributed by atoms with van der Waals surface area (Å²) in [5.41, 5.74) is 0.375. The maximum absolute atomic E-state index is 13.0. The largest absolute Gasteiger partial charge is 0.339 e. The van der Waals surface area contributed by atoms with Gasteiger partial charge in [-0.05, 0) is 31.0 Å². The summed E-state index contributed by atoms with van der Waals surface area (Å²) in [7, 11) is 0. The van der Waals surface area contributed by atoms with E-state index in [0.717, 1.165) is 0 Å². The predicted molar refractivity (Wildman–Crippen MR) is 60.6 cm³/mol. The second kappa shape index (κ2) is 4.96. The van der Waals surface area contributed by atoms with Crippen LogP contribution in [-0.2, 0) is 0 Å². The first-order chi connectivity index (χ1) is 8.20. The molecular formula is C13H13FN2O. The third kappa shape index (κ3) is 2.62. The van der Waals surface area contributed by atoms with Crippen molar-refractivity contribution in [2.24, 2.45) is 5.92 Å². The monoisotopic (exact) mass is 232 g/mol. The Labute approximate surface area is 99.5 Å². The minimum Gasteiger partial charge on any atom is -0.339 e. The van der Waals surface area contributed by atoms with Gasteiger partial charge < -0.3 is 4.90 Å². The third-order valence-electron chi connectivity index (χ3n) is 3.04. The van der Waals surface area contributed by atoms with Crippen LogP contribution in [0.3, 0.4) is 0 Å². The van der Waals surface area contributed by atoms with Crippen molar-refractivity contribution in [1.82, 2.24) is 4.90 Å². The van der Waals surface area contributed by atoms with Crippen molar-refractivity contribution >= 4 is 5.91 Å². The molecule has 17 heavy (non-hydrogen) atoms. The lowest BCUT2D eigenvalue weighted by atomic mass is 9.98. The number of benzene rings is 1. The van der Waals surface area contributed by atoms with E-state index in [9.17, 15) is 9.18 Å². The Kier molecular flexibility index (Phi) is 3.38. The summed E-state index contributed by atoms with van der Waals surface area (Å²) in [6, 6.07) is 7.93. The van der Waals surface area contributed by atoms with Crippen molar-refractivity contribution in [3.63, 3.8) is 0 Å². The Balaban J connectivity index is 2.05. The van der Waals surface area contributed by atoms with Gasteiger partial charge in [0.05, 0.1) is 6.07 Å². The molecule has 0 saturated carbocycles. The molecule has 3 nitrogen and oxygen atoms in total. The number of likely N-dealkylation sites (tertiary alicyclic amines) is 1. The molecule has 1 amide bonds. The molecule has 1 heterocycles. The van der Waals surface area contributed by atoms with E-state index in [1.165, 1.54) is 18.2 Å². The van der Waals surface area contributed by atoms with Gasteiger partial charge >= 0.3 is 0 Å². The van der Waals surface area contributed by atoms with Crippen molar-refractivity contribution < 1.29 is 9.18 Å². The zero-order valence-corrected chi connectivity index (χ0v) is 9.40. The van der Waals surface area contributed by atoms with Gasteiger partial charge in [-0.2, -0.15) is 5.26 Å². The van der Waals surface area contributed by atoms with Crippen LogP contribution in [0.15, 0.2) is 24.3 Å². The van der Waals surface area contributed by atoms with Crippen molar-refractivity contribution in [2.75, 3.05) is 13.1 Å². The van der Waals surface area contributed by atoms with Crippen LogP contribution in [0.1, 0.15) is 23.2 Å². The first-order valence-corrected chi connectivity index (χ1v) is 5.65. The van der Waals surface area contributed by atoms with Crippen LogP contribution in [0, 0.1) is 23.1 Å². The van der Waals surface area contributed by atoms with Crippen molar-refractivity contribution in [2.45, 2.75) is 12.8 Å². The van der Waals surface area contributed by atoms with Gasteiger partial charge in [-0.3, -0.25) is 4.79 Å². The van der Waals surface area contributed by atoms with E-state index in [4.69, 9.17) is 5.26 Å². The Bertz CT molecular complexity index is 459. The van der Waals surface area contributed by atoms with E-state index in [-0.39, 0.29) is 11.8 Å². The van der Waals surface area contributed by atoms with Crippen LogP contribution in [-0.4, -0.2) is 23.9 Å². The number of hydrogen-bond donors (Lipinski definition) is 0. The topological polar surface area (TPSA) is 44.1 Å². The summed E-state index contributed by atoms with van der Waals surface area (Å²) in [5.74, 6) is -0.504. The van der Waals surface area contributed by atoms with Crippen molar-refractivity contribution in [3.05, 3.63) is 35.6 Å². The van der Waals surface area contributed by atoms with Gasteiger partial charge in [-0.1, -0.05) is 6.07 Å². The average molecular weight is 232 g/mol. The van der Waals surface area contributed by atoms with Gasteiger partial charge in [0, 0.05) is 24.6 Å². The van der Waals surface area contributed by atoms with Crippen LogP contribution >= 0.6 is 0 Å². The number of hydrogen-bond acceptors (Lipinski definition) is 2. The molecule has 1 aromatic carbocycles. The number of carbonyl (C=O) groups is 1. The van der Waals surface area contributed by atoms with E-state index in [0.29, 0.717) is 31.5 Å². The van der Waals surface area contributed by atoms with Crippen LogP contribution < -0.4 is 0 Å². The Morgan fingerprint density at radius 2 is 2.12 bits per heavy atom. The van der Waals surface area contributed by atoms with E-state index >= 15 is 0 Å². The minimum absolute atomic E-state index is 0.0477. The molecular weight excluding hydrogens is 219 g/mol. The molecule has 0 aromatic heterocycles. The number of nitrogens with zero attached hydrogens (tertiary/aromatic N) is 2. The number of carbonyl (C=O) groups excluding carboxylic acids is 1. The zero-order chi connectivity index (χ0) is 12.3. The molecule has 0 bridgehead atoms. The number of rotatable bonds is 1. The molecule has 1 saturated heterocycles. The molecule has 1 aliphatic rings. The molecule has 1 fully saturated rings. The highest BCUT2D eigenvalue weighted by atomic mass is 19.1. The molecule has 0 aliphatic carbocycles. The molecule has 0 unspecified atom stereocenters. The van der Waals surface area contributed by atoms with Crippen LogP contribution in [0.4, 0.5) is 4.39 Å². The number of amides is 1. The smallest absolute Gasteiger partial charge is 0.253 e. The highest BCUT2D eigenvalue weighted by Crippen LogP contribution is 2.18. The Morgan fingerprint density at radius 1 is 1.41 bits per heavy atom. The standard InChI is InChI=1S/C13H13FN2O/c14-12-3-1-2-11(8-12)13(17)16-6-4-10(9-15)5-7-16/h1-3,8,10H,4-7H2. The summed E-state index contributed by atoms with van der Waals surface area (Å²) in [4.78, 5) is 13.7. The third-order valence-corrected chi connectivity index (χ3v) is 3.04. The maximum atomic E-state index is 13.0. The highest BCUT2D eigenvalue weighted by molar-refractivity contribution is 5.94. The first-order valence-electron chi connectivity index (χ1n) is 5.65.